The Kier molecular flexibility index (Phi) is 6.59. The molecule has 0 saturated carbocycles. The van der Waals surface area contributed by atoms with Crippen LogP contribution in [0.4, 0.5) is 5.82 Å². The van der Waals surface area contributed by atoms with Crippen LogP contribution in [0.2, 0.25) is 0 Å². The summed E-state index contributed by atoms with van der Waals surface area (Å²) in [6.07, 6.45) is 3.62. The van der Waals surface area contributed by atoms with Crippen LogP contribution in [0.25, 0.3) is 5.52 Å². The largest absolute Gasteiger partial charge is 0.395 e. The Bertz CT molecular complexity index is 953. The van der Waals surface area contributed by atoms with Gasteiger partial charge >= 0.3 is 0 Å². The smallest absolute Gasteiger partial charge is 0.154 e. The fraction of sp³-hybridized carbons (Fsp3) is 0.455. The number of hydrogen-bond donors (Lipinski definition) is 3. The van der Waals surface area contributed by atoms with Crippen LogP contribution in [0.1, 0.15) is 22.7 Å². The minimum absolute atomic E-state index is 0.0229. The molecule has 1 saturated heterocycles. The van der Waals surface area contributed by atoms with Crippen molar-refractivity contribution in [3.63, 3.8) is 0 Å². The molecule has 8 nitrogen and oxygen atoms in total. The molecule has 1 aliphatic rings. The number of aliphatic hydroxyl groups excluding tert-OH is 2. The van der Waals surface area contributed by atoms with Crippen molar-refractivity contribution in [2.75, 3.05) is 51.3 Å². The number of β-amino-alcohol motifs (C(OH)–C–C–N with tert-alkyl or cyclic N) is 1. The number of aliphatic hydroxyl groups is 2. The Morgan fingerprint density at radius 2 is 1.80 bits per heavy atom. The molecule has 1 atom stereocenters. The number of aryl methyl sites for hydroxylation is 1. The summed E-state index contributed by atoms with van der Waals surface area (Å²) >= 11 is 0. The van der Waals surface area contributed by atoms with Gasteiger partial charge in [-0.15, -0.1) is 0 Å². The average molecular weight is 411 g/mol. The van der Waals surface area contributed by atoms with Crippen molar-refractivity contribution in [3.8, 4) is 0 Å². The van der Waals surface area contributed by atoms with E-state index in [0.717, 1.165) is 61.7 Å². The van der Waals surface area contributed by atoms with Gasteiger partial charge in [0.25, 0.3) is 0 Å². The number of piperazine rings is 1. The third kappa shape index (κ3) is 4.46. The number of fused-ring (bicyclic) bond motifs is 1. The van der Waals surface area contributed by atoms with E-state index in [0.29, 0.717) is 0 Å². The zero-order chi connectivity index (χ0) is 20.9. The van der Waals surface area contributed by atoms with Crippen LogP contribution >= 0.6 is 0 Å². The first-order chi connectivity index (χ1) is 14.7. The van der Waals surface area contributed by atoms with Crippen LogP contribution in [0.5, 0.6) is 0 Å². The van der Waals surface area contributed by atoms with Crippen LogP contribution in [0.15, 0.2) is 42.9 Å². The molecule has 160 valence electrons. The number of nitrogens with zero attached hydrogens (tertiary/aromatic N) is 5. The van der Waals surface area contributed by atoms with E-state index < -0.39 is 0 Å². The van der Waals surface area contributed by atoms with E-state index in [1.165, 1.54) is 5.56 Å². The standard InChI is InChI=1S/C22H30N6O2/c1-17-19(13-27-9-7-26(8-10-27)11-12-29)14-28-21(17)22(23-16-24-28)25-20(15-30)18-5-3-2-4-6-18/h2-6,14,16,20,29-30H,7-13,15H2,1H3,(H,23,24,25). The number of rotatable bonds is 8. The Hall–Kier alpha value is -2.52. The lowest BCUT2D eigenvalue weighted by Crippen LogP contribution is -2.46. The molecule has 0 amide bonds. The summed E-state index contributed by atoms with van der Waals surface area (Å²) in [4.78, 5) is 9.21. The van der Waals surface area contributed by atoms with Gasteiger partial charge in [-0.2, -0.15) is 5.10 Å². The Balaban J connectivity index is 1.53. The van der Waals surface area contributed by atoms with E-state index >= 15 is 0 Å². The number of nitrogens with one attached hydrogen (secondary N) is 1. The molecule has 0 bridgehead atoms. The second-order valence-corrected chi connectivity index (χ2v) is 7.81. The number of benzene rings is 1. The van der Waals surface area contributed by atoms with Gasteiger partial charge in [-0.05, 0) is 23.6 Å². The SMILES string of the molecule is Cc1c(CN2CCN(CCO)CC2)cn2ncnc(NC(CO)c3ccccc3)c12. The summed E-state index contributed by atoms with van der Waals surface area (Å²) in [5.74, 6) is 0.726. The molecule has 0 radical (unpaired) electrons. The topological polar surface area (TPSA) is 89.2 Å². The Labute approximate surface area is 176 Å². The van der Waals surface area contributed by atoms with Gasteiger partial charge in [0.2, 0.25) is 0 Å². The molecule has 1 aliphatic heterocycles. The van der Waals surface area contributed by atoms with Crippen LogP contribution in [0.3, 0.4) is 0 Å². The van der Waals surface area contributed by atoms with Crippen LogP contribution in [-0.4, -0.2) is 80.5 Å². The summed E-state index contributed by atoms with van der Waals surface area (Å²) in [6.45, 7) is 7.86. The zero-order valence-corrected chi connectivity index (χ0v) is 17.4. The molecular weight excluding hydrogens is 380 g/mol. The molecule has 3 aromatic rings. The lowest BCUT2D eigenvalue weighted by Gasteiger charge is -2.34. The number of anilines is 1. The fourth-order valence-corrected chi connectivity index (χ4v) is 4.11. The van der Waals surface area contributed by atoms with E-state index in [-0.39, 0.29) is 19.3 Å². The van der Waals surface area contributed by atoms with E-state index in [1.807, 2.05) is 34.8 Å². The van der Waals surface area contributed by atoms with Gasteiger partial charge in [-0.3, -0.25) is 9.80 Å². The molecule has 3 heterocycles. The molecule has 1 fully saturated rings. The average Bonchev–Trinajstić information content (AvgIpc) is 3.10. The summed E-state index contributed by atoms with van der Waals surface area (Å²) in [6, 6.07) is 9.67. The lowest BCUT2D eigenvalue weighted by atomic mass is 10.1. The second-order valence-electron chi connectivity index (χ2n) is 7.81. The monoisotopic (exact) mass is 410 g/mol. The molecule has 2 aromatic heterocycles. The van der Waals surface area contributed by atoms with Crippen molar-refractivity contribution in [2.45, 2.75) is 19.5 Å². The molecular formula is C22H30N6O2. The first-order valence-electron chi connectivity index (χ1n) is 10.5. The number of hydrogen-bond acceptors (Lipinski definition) is 7. The maximum absolute atomic E-state index is 9.92. The lowest BCUT2D eigenvalue weighted by molar-refractivity contribution is 0.108. The predicted octanol–water partition coefficient (Wildman–Crippen LogP) is 1.29. The first kappa shape index (κ1) is 20.7. The van der Waals surface area contributed by atoms with E-state index in [1.54, 1.807) is 6.33 Å². The molecule has 0 aliphatic carbocycles. The molecule has 1 unspecified atom stereocenters. The normalized spacial score (nSPS) is 16.8. The van der Waals surface area contributed by atoms with Crippen molar-refractivity contribution in [1.82, 2.24) is 24.4 Å². The molecule has 8 heteroatoms. The summed E-state index contributed by atoms with van der Waals surface area (Å²) in [7, 11) is 0. The highest BCUT2D eigenvalue weighted by Gasteiger charge is 2.20. The molecule has 1 aromatic carbocycles. The van der Waals surface area contributed by atoms with Crippen molar-refractivity contribution < 1.29 is 10.2 Å². The summed E-state index contributed by atoms with van der Waals surface area (Å²) < 4.78 is 1.88. The third-order valence-corrected chi connectivity index (χ3v) is 5.90. The van der Waals surface area contributed by atoms with E-state index in [9.17, 15) is 5.11 Å². The second kappa shape index (κ2) is 9.53. The van der Waals surface area contributed by atoms with Crippen molar-refractivity contribution >= 4 is 11.3 Å². The maximum Gasteiger partial charge on any atom is 0.154 e. The highest BCUT2D eigenvalue weighted by atomic mass is 16.3. The highest BCUT2D eigenvalue weighted by Crippen LogP contribution is 2.27. The fourth-order valence-electron chi connectivity index (χ4n) is 4.11. The highest BCUT2D eigenvalue weighted by molar-refractivity contribution is 5.73. The summed E-state index contributed by atoms with van der Waals surface area (Å²) in [5.41, 5.74) is 4.35. The number of aromatic nitrogens is 3. The van der Waals surface area contributed by atoms with Gasteiger partial charge in [0.1, 0.15) is 11.8 Å². The predicted molar refractivity (Wildman–Crippen MR) is 116 cm³/mol. The van der Waals surface area contributed by atoms with Gasteiger partial charge in [-0.25, -0.2) is 9.50 Å². The first-order valence-corrected chi connectivity index (χ1v) is 10.5. The minimum Gasteiger partial charge on any atom is -0.395 e. The maximum atomic E-state index is 9.92. The van der Waals surface area contributed by atoms with Crippen LogP contribution in [0, 0.1) is 6.92 Å². The van der Waals surface area contributed by atoms with Gasteiger partial charge < -0.3 is 15.5 Å². The molecule has 3 N–H and O–H groups in total. The van der Waals surface area contributed by atoms with Gasteiger partial charge in [-0.1, -0.05) is 30.3 Å². The van der Waals surface area contributed by atoms with Crippen LogP contribution in [-0.2, 0) is 6.54 Å². The van der Waals surface area contributed by atoms with Crippen molar-refractivity contribution in [2.24, 2.45) is 0 Å². The van der Waals surface area contributed by atoms with Crippen molar-refractivity contribution in [1.29, 1.82) is 0 Å². The molecule has 0 spiro atoms. The minimum atomic E-state index is -0.234. The zero-order valence-electron chi connectivity index (χ0n) is 17.4. The molecule has 30 heavy (non-hydrogen) atoms. The van der Waals surface area contributed by atoms with Gasteiger partial charge in [0, 0.05) is 45.5 Å². The van der Waals surface area contributed by atoms with E-state index in [4.69, 9.17) is 5.11 Å². The quantitative estimate of drug-likeness (QED) is 0.516. The van der Waals surface area contributed by atoms with Crippen molar-refractivity contribution in [3.05, 3.63) is 59.5 Å². The van der Waals surface area contributed by atoms with Gasteiger partial charge in [0.15, 0.2) is 5.82 Å². The Morgan fingerprint density at radius 3 is 2.50 bits per heavy atom. The van der Waals surface area contributed by atoms with Crippen LogP contribution < -0.4 is 5.32 Å². The van der Waals surface area contributed by atoms with Gasteiger partial charge in [0.05, 0.1) is 19.3 Å². The third-order valence-electron chi connectivity index (χ3n) is 5.90. The Morgan fingerprint density at radius 1 is 1.07 bits per heavy atom. The summed E-state index contributed by atoms with van der Waals surface area (Å²) in [5, 5.41) is 26.9. The van der Waals surface area contributed by atoms with E-state index in [2.05, 4.69) is 38.3 Å². The molecule has 4 rings (SSSR count).